The van der Waals surface area contributed by atoms with Gasteiger partial charge in [-0.15, -0.1) is 11.3 Å². The number of aromatic nitrogens is 1. The molecular formula is C23H25N3O2S2. The summed E-state index contributed by atoms with van der Waals surface area (Å²) in [5.74, 6) is 1.03. The average molecular weight is 440 g/mol. The Morgan fingerprint density at radius 2 is 1.67 bits per heavy atom. The summed E-state index contributed by atoms with van der Waals surface area (Å²) in [6.45, 7) is 6.23. The number of carbonyl (C=O) groups is 2. The monoisotopic (exact) mass is 439 g/mol. The molecule has 1 aliphatic heterocycles. The highest BCUT2D eigenvalue weighted by atomic mass is 32.2. The van der Waals surface area contributed by atoms with E-state index in [1.165, 1.54) is 10.3 Å². The van der Waals surface area contributed by atoms with Crippen molar-refractivity contribution in [2.45, 2.75) is 23.9 Å². The van der Waals surface area contributed by atoms with E-state index >= 15 is 0 Å². The second-order valence-corrected chi connectivity index (χ2v) is 9.96. The molecule has 0 N–H and O–H groups in total. The highest BCUT2D eigenvalue weighted by Gasteiger charge is 2.25. The second-order valence-electron chi connectivity index (χ2n) is 7.71. The number of carbonyl (C=O) groups excluding carboxylic acids is 2. The van der Waals surface area contributed by atoms with Gasteiger partial charge in [0.05, 0.1) is 10.2 Å². The van der Waals surface area contributed by atoms with E-state index in [4.69, 9.17) is 0 Å². The minimum Gasteiger partial charge on any atom is -0.339 e. The van der Waals surface area contributed by atoms with E-state index in [-0.39, 0.29) is 17.7 Å². The molecule has 0 bridgehead atoms. The minimum atomic E-state index is 0.000397. The van der Waals surface area contributed by atoms with Crippen molar-refractivity contribution in [3.8, 4) is 0 Å². The van der Waals surface area contributed by atoms with Crippen molar-refractivity contribution >= 4 is 45.1 Å². The van der Waals surface area contributed by atoms with E-state index in [0.29, 0.717) is 31.7 Å². The maximum Gasteiger partial charge on any atom is 0.253 e. The second kappa shape index (κ2) is 9.18. The van der Waals surface area contributed by atoms with Crippen molar-refractivity contribution in [2.24, 2.45) is 5.92 Å². The number of hydrogen-bond acceptors (Lipinski definition) is 5. The third-order valence-corrected chi connectivity index (χ3v) is 7.46. The lowest BCUT2D eigenvalue weighted by Crippen LogP contribution is -2.51. The van der Waals surface area contributed by atoms with Gasteiger partial charge in [0.2, 0.25) is 5.91 Å². The number of thiazole rings is 1. The Morgan fingerprint density at radius 1 is 1.00 bits per heavy atom. The number of hydrogen-bond donors (Lipinski definition) is 0. The number of fused-ring (bicyclic) bond motifs is 1. The van der Waals surface area contributed by atoms with Crippen LogP contribution in [0.15, 0.2) is 52.9 Å². The van der Waals surface area contributed by atoms with Crippen LogP contribution >= 0.6 is 23.1 Å². The van der Waals surface area contributed by atoms with E-state index in [9.17, 15) is 9.59 Å². The summed E-state index contributed by atoms with van der Waals surface area (Å²) in [7, 11) is 0. The van der Waals surface area contributed by atoms with Gasteiger partial charge in [-0.2, -0.15) is 0 Å². The molecule has 2 heterocycles. The largest absolute Gasteiger partial charge is 0.339 e. The number of piperazine rings is 1. The fraction of sp³-hybridized carbons (Fsp3) is 0.348. The number of benzene rings is 2. The molecule has 2 amide bonds. The average Bonchev–Trinajstić information content (AvgIpc) is 3.20. The Kier molecular flexibility index (Phi) is 6.39. The number of para-hydroxylation sites is 1. The first kappa shape index (κ1) is 20.9. The zero-order valence-electron chi connectivity index (χ0n) is 17.2. The molecular weight excluding hydrogens is 414 g/mol. The number of rotatable bonds is 5. The fourth-order valence-electron chi connectivity index (χ4n) is 3.48. The standard InChI is InChI=1S/C23H25N3O2S2/c1-16(2)21(27)25-11-13-26(14-12-25)22(28)18-9-7-17(8-10-18)15-29-23-24-19-5-3-4-6-20(19)30-23/h3-10,16H,11-15H2,1-2H3. The molecule has 3 aromatic rings. The molecule has 1 fully saturated rings. The Labute approximate surface area is 185 Å². The van der Waals surface area contributed by atoms with Gasteiger partial charge in [0, 0.05) is 43.4 Å². The maximum absolute atomic E-state index is 12.8. The summed E-state index contributed by atoms with van der Waals surface area (Å²) >= 11 is 3.43. The van der Waals surface area contributed by atoms with E-state index in [1.54, 1.807) is 23.1 Å². The van der Waals surface area contributed by atoms with Crippen LogP contribution < -0.4 is 0 Å². The Morgan fingerprint density at radius 3 is 2.33 bits per heavy atom. The smallest absolute Gasteiger partial charge is 0.253 e. The summed E-state index contributed by atoms with van der Waals surface area (Å²) in [4.78, 5) is 33.3. The molecule has 0 radical (unpaired) electrons. The van der Waals surface area contributed by atoms with Crippen LogP contribution in [-0.4, -0.2) is 52.8 Å². The lowest BCUT2D eigenvalue weighted by Gasteiger charge is -2.35. The first-order chi connectivity index (χ1) is 14.5. The van der Waals surface area contributed by atoms with Crippen LogP contribution in [0.2, 0.25) is 0 Å². The zero-order chi connectivity index (χ0) is 21.1. The van der Waals surface area contributed by atoms with E-state index in [1.807, 2.05) is 66.1 Å². The Balaban J connectivity index is 1.32. The molecule has 0 saturated carbocycles. The third-order valence-electron chi connectivity index (χ3n) is 5.21. The summed E-state index contributed by atoms with van der Waals surface area (Å²) in [6.07, 6.45) is 0. The van der Waals surface area contributed by atoms with Gasteiger partial charge in [-0.3, -0.25) is 9.59 Å². The van der Waals surface area contributed by atoms with Gasteiger partial charge in [0.25, 0.3) is 5.91 Å². The molecule has 30 heavy (non-hydrogen) atoms. The van der Waals surface area contributed by atoms with Crippen molar-refractivity contribution in [1.29, 1.82) is 0 Å². The number of nitrogens with zero attached hydrogens (tertiary/aromatic N) is 3. The van der Waals surface area contributed by atoms with E-state index < -0.39 is 0 Å². The molecule has 4 rings (SSSR count). The molecule has 0 atom stereocenters. The predicted molar refractivity (Wildman–Crippen MR) is 123 cm³/mol. The van der Waals surface area contributed by atoms with Crippen molar-refractivity contribution < 1.29 is 9.59 Å². The minimum absolute atomic E-state index is 0.000397. The van der Waals surface area contributed by atoms with Gasteiger partial charge < -0.3 is 9.80 Å². The maximum atomic E-state index is 12.8. The number of amides is 2. The molecule has 0 spiro atoms. The van der Waals surface area contributed by atoms with Gasteiger partial charge in [-0.1, -0.05) is 49.9 Å². The van der Waals surface area contributed by atoms with Crippen molar-refractivity contribution in [2.75, 3.05) is 26.2 Å². The molecule has 1 aliphatic rings. The highest BCUT2D eigenvalue weighted by Crippen LogP contribution is 2.31. The van der Waals surface area contributed by atoms with Crippen LogP contribution in [0.5, 0.6) is 0 Å². The van der Waals surface area contributed by atoms with Crippen molar-refractivity contribution in [3.05, 3.63) is 59.7 Å². The van der Waals surface area contributed by atoms with Crippen molar-refractivity contribution in [3.63, 3.8) is 0 Å². The van der Waals surface area contributed by atoms with E-state index in [0.717, 1.165) is 15.6 Å². The molecule has 5 nitrogen and oxygen atoms in total. The zero-order valence-corrected chi connectivity index (χ0v) is 18.8. The molecule has 2 aromatic carbocycles. The summed E-state index contributed by atoms with van der Waals surface area (Å²) < 4.78 is 2.27. The SMILES string of the molecule is CC(C)C(=O)N1CCN(C(=O)c2ccc(CSc3nc4ccccc4s3)cc2)CC1. The van der Waals surface area contributed by atoms with Gasteiger partial charge in [0.1, 0.15) is 0 Å². The van der Waals surface area contributed by atoms with Crippen LogP contribution in [0.3, 0.4) is 0 Å². The molecule has 1 saturated heterocycles. The Bertz CT molecular complexity index is 1010. The molecule has 0 unspecified atom stereocenters. The first-order valence-corrected chi connectivity index (χ1v) is 12.0. The van der Waals surface area contributed by atoms with Gasteiger partial charge in [-0.25, -0.2) is 4.98 Å². The molecule has 0 aliphatic carbocycles. The third kappa shape index (κ3) is 4.68. The fourth-order valence-corrected chi connectivity index (χ4v) is 5.50. The van der Waals surface area contributed by atoms with Crippen molar-refractivity contribution in [1.82, 2.24) is 14.8 Å². The molecule has 156 valence electrons. The summed E-state index contributed by atoms with van der Waals surface area (Å²) in [5, 5.41) is 0. The first-order valence-electron chi connectivity index (χ1n) is 10.2. The van der Waals surface area contributed by atoms with Crippen LogP contribution in [0.25, 0.3) is 10.2 Å². The quantitative estimate of drug-likeness (QED) is 0.548. The Hall–Kier alpha value is -2.38. The summed E-state index contributed by atoms with van der Waals surface area (Å²) in [5.41, 5.74) is 2.91. The van der Waals surface area contributed by atoms with Crippen LogP contribution in [0.4, 0.5) is 0 Å². The normalized spacial score (nSPS) is 14.5. The molecule has 1 aromatic heterocycles. The highest BCUT2D eigenvalue weighted by molar-refractivity contribution is 8.00. The van der Waals surface area contributed by atoms with Gasteiger partial charge in [0.15, 0.2) is 4.34 Å². The lowest BCUT2D eigenvalue weighted by atomic mass is 10.1. The lowest BCUT2D eigenvalue weighted by molar-refractivity contribution is -0.135. The van der Waals surface area contributed by atoms with Gasteiger partial charge in [-0.05, 0) is 29.8 Å². The van der Waals surface area contributed by atoms with Crippen LogP contribution in [-0.2, 0) is 10.5 Å². The molecule has 7 heteroatoms. The van der Waals surface area contributed by atoms with Crippen LogP contribution in [0, 0.1) is 5.92 Å². The topological polar surface area (TPSA) is 53.5 Å². The van der Waals surface area contributed by atoms with Gasteiger partial charge >= 0.3 is 0 Å². The number of thioether (sulfide) groups is 1. The summed E-state index contributed by atoms with van der Waals surface area (Å²) in [6, 6.07) is 16.0. The predicted octanol–water partition coefficient (Wildman–Crippen LogP) is 4.53. The van der Waals surface area contributed by atoms with Crippen LogP contribution in [0.1, 0.15) is 29.8 Å². The van der Waals surface area contributed by atoms with E-state index in [2.05, 4.69) is 11.1 Å².